The van der Waals surface area contributed by atoms with Crippen molar-refractivity contribution in [2.75, 3.05) is 18.5 Å². The molecule has 2 N–H and O–H groups in total. The van der Waals surface area contributed by atoms with E-state index in [1.54, 1.807) is 6.33 Å². The number of ether oxygens (including phenoxy) is 1. The van der Waals surface area contributed by atoms with Crippen LogP contribution >= 0.6 is 0 Å². The highest BCUT2D eigenvalue weighted by Gasteiger charge is 2.05. The summed E-state index contributed by atoms with van der Waals surface area (Å²) in [6.45, 7) is 1.69. The highest BCUT2D eigenvalue weighted by molar-refractivity contribution is 5.77. The number of benzene rings is 3. The zero-order valence-electron chi connectivity index (χ0n) is 15.8. The fourth-order valence-corrected chi connectivity index (χ4v) is 2.89. The Kier molecular flexibility index (Phi) is 5.93. The standard InChI is InChI=1S/C8H6N2.C8H9NO.C7H6N2/c1-2-4-8-7(3-1)5-9-6-10-8;1-2-4-8-7(3-1)9-5-6-10-8;1-2-4-7-6(3-1)5-8-9-7/h1-6H;1-4,9H,5-6H2;1-5H,(H,8,9). The van der Waals surface area contributed by atoms with Crippen LogP contribution in [0.4, 0.5) is 5.69 Å². The minimum absolute atomic E-state index is 0.775. The van der Waals surface area contributed by atoms with Gasteiger partial charge in [0.05, 0.1) is 22.9 Å². The number of hydrogen-bond donors (Lipinski definition) is 2. The Bertz CT molecular complexity index is 1070. The molecule has 0 atom stereocenters. The third-order valence-corrected chi connectivity index (χ3v) is 4.33. The third-order valence-electron chi connectivity index (χ3n) is 4.33. The number of anilines is 1. The molecule has 2 aromatic heterocycles. The lowest BCUT2D eigenvalue weighted by atomic mass is 10.2. The second-order valence-electron chi connectivity index (χ2n) is 6.31. The minimum Gasteiger partial charge on any atom is -0.490 e. The van der Waals surface area contributed by atoms with Gasteiger partial charge in [0.2, 0.25) is 0 Å². The minimum atomic E-state index is 0.775. The van der Waals surface area contributed by atoms with Crippen LogP contribution in [0.5, 0.6) is 5.75 Å². The van der Waals surface area contributed by atoms with Crippen LogP contribution < -0.4 is 10.1 Å². The lowest BCUT2D eigenvalue weighted by Crippen LogP contribution is -2.17. The molecule has 1 aliphatic heterocycles. The van der Waals surface area contributed by atoms with E-state index in [-0.39, 0.29) is 0 Å². The molecule has 0 aliphatic carbocycles. The summed E-state index contributed by atoms with van der Waals surface area (Å²) >= 11 is 0. The molecule has 144 valence electrons. The first-order valence-corrected chi connectivity index (χ1v) is 9.39. The van der Waals surface area contributed by atoms with Crippen molar-refractivity contribution in [1.82, 2.24) is 20.2 Å². The Morgan fingerprint density at radius 3 is 2.45 bits per heavy atom. The lowest BCUT2D eigenvalue weighted by Gasteiger charge is -2.17. The van der Waals surface area contributed by atoms with E-state index in [2.05, 4.69) is 25.5 Å². The van der Waals surface area contributed by atoms with Crippen LogP contribution in [0.2, 0.25) is 0 Å². The molecule has 3 aromatic carbocycles. The second kappa shape index (κ2) is 9.32. The van der Waals surface area contributed by atoms with E-state index >= 15 is 0 Å². The van der Waals surface area contributed by atoms with Crippen LogP contribution in [0.3, 0.4) is 0 Å². The van der Waals surface area contributed by atoms with E-state index in [0.29, 0.717) is 0 Å². The van der Waals surface area contributed by atoms with Crippen molar-refractivity contribution in [3.63, 3.8) is 0 Å². The van der Waals surface area contributed by atoms with Gasteiger partial charge in [0.1, 0.15) is 18.7 Å². The van der Waals surface area contributed by atoms with E-state index in [0.717, 1.165) is 46.4 Å². The van der Waals surface area contributed by atoms with Gasteiger partial charge in [-0.05, 0) is 24.3 Å². The van der Waals surface area contributed by atoms with Gasteiger partial charge in [-0.3, -0.25) is 5.10 Å². The van der Waals surface area contributed by atoms with E-state index in [9.17, 15) is 0 Å². The lowest BCUT2D eigenvalue weighted by molar-refractivity contribution is 0.323. The first-order valence-electron chi connectivity index (χ1n) is 9.39. The molecule has 0 saturated carbocycles. The Morgan fingerprint density at radius 1 is 0.793 bits per heavy atom. The summed E-state index contributed by atoms with van der Waals surface area (Å²) < 4.78 is 5.36. The second-order valence-corrected chi connectivity index (χ2v) is 6.31. The number of fused-ring (bicyclic) bond motifs is 3. The first kappa shape index (κ1) is 18.4. The Balaban J connectivity index is 0.000000106. The van der Waals surface area contributed by atoms with E-state index in [1.807, 2.05) is 85.2 Å². The highest BCUT2D eigenvalue weighted by atomic mass is 16.5. The number of rotatable bonds is 0. The smallest absolute Gasteiger partial charge is 0.142 e. The number of aromatic nitrogens is 4. The summed E-state index contributed by atoms with van der Waals surface area (Å²) in [6.07, 6.45) is 5.18. The van der Waals surface area contributed by atoms with Crippen molar-refractivity contribution in [1.29, 1.82) is 0 Å². The monoisotopic (exact) mass is 383 g/mol. The van der Waals surface area contributed by atoms with Crippen LogP contribution in [0.1, 0.15) is 0 Å². The molecule has 3 heterocycles. The fraction of sp³-hybridized carbons (Fsp3) is 0.0870. The van der Waals surface area contributed by atoms with E-state index in [1.165, 1.54) is 0 Å². The summed E-state index contributed by atoms with van der Waals surface area (Å²) in [5, 5.41) is 12.2. The summed E-state index contributed by atoms with van der Waals surface area (Å²) in [7, 11) is 0. The van der Waals surface area contributed by atoms with Crippen molar-refractivity contribution < 1.29 is 4.74 Å². The summed E-state index contributed by atoms with van der Waals surface area (Å²) in [5.41, 5.74) is 3.20. The van der Waals surface area contributed by atoms with Gasteiger partial charge >= 0.3 is 0 Å². The molecular formula is C23H21N5O. The van der Waals surface area contributed by atoms with Gasteiger partial charge in [-0.2, -0.15) is 5.10 Å². The molecule has 29 heavy (non-hydrogen) atoms. The number of aromatic amines is 1. The summed E-state index contributed by atoms with van der Waals surface area (Å²) in [6, 6.07) is 23.9. The van der Waals surface area contributed by atoms with Gasteiger partial charge in [0.15, 0.2) is 0 Å². The number of H-pyrrole nitrogens is 1. The van der Waals surface area contributed by atoms with Crippen molar-refractivity contribution in [2.24, 2.45) is 0 Å². The van der Waals surface area contributed by atoms with Crippen LogP contribution in [-0.2, 0) is 0 Å². The first-order chi connectivity index (χ1) is 14.4. The molecule has 1 aliphatic rings. The molecule has 0 saturated heterocycles. The summed E-state index contributed by atoms with van der Waals surface area (Å²) in [5.74, 6) is 0.966. The maximum absolute atomic E-state index is 5.36. The number of nitrogens with zero attached hydrogens (tertiary/aromatic N) is 3. The molecule has 6 rings (SSSR count). The topological polar surface area (TPSA) is 75.7 Å². The molecule has 5 aromatic rings. The van der Waals surface area contributed by atoms with Gasteiger partial charge in [-0.15, -0.1) is 0 Å². The van der Waals surface area contributed by atoms with Crippen LogP contribution in [-0.4, -0.2) is 33.3 Å². The van der Waals surface area contributed by atoms with Gasteiger partial charge in [-0.1, -0.05) is 48.5 Å². The van der Waals surface area contributed by atoms with Crippen molar-refractivity contribution >= 4 is 27.5 Å². The maximum atomic E-state index is 5.36. The third kappa shape index (κ3) is 4.87. The number of para-hydroxylation sites is 4. The van der Waals surface area contributed by atoms with Crippen LogP contribution in [0.15, 0.2) is 91.5 Å². The zero-order valence-corrected chi connectivity index (χ0v) is 15.8. The summed E-state index contributed by atoms with van der Waals surface area (Å²) in [4.78, 5) is 7.97. The molecule has 0 amide bonds. The molecule has 0 bridgehead atoms. The van der Waals surface area contributed by atoms with Crippen LogP contribution in [0, 0.1) is 0 Å². The molecule has 6 heteroatoms. The van der Waals surface area contributed by atoms with Gasteiger partial charge < -0.3 is 10.1 Å². The normalized spacial score (nSPS) is 11.7. The molecule has 0 radical (unpaired) electrons. The molecule has 0 unspecified atom stereocenters. The highest BCUT2D eigenvalue weighted by Crippen LogP contribution is 2.25. The van der Waals surface area contributed by atoms with Gasteiger partial charge in [0.25, 0.3) is 0 Å². The largest absolute Gasteiger partial charge is 0.490 e. The van der Waals surface area contributed by atoms with Gasteiger partial charge in [0, 0.05) is 23.5 Å². The Labute approximate surface area is 168 Å². The number of hydrogen-bond acceptors (Lipinski definition) is 5. The Morgan fingerprint density at radius 2 is 1.59 bits per heavy atom. The fourth-order valence-electron chi connectivity index (χ4n) is 2.89. The van der Waals surface area contributed by atoms with E-state index in [4.69, 9.17) is 4.74 Å². The maximum Gasteiger partial charge on any atom is 0.142 e. The molecule has 0 spiro atoms. The van der Waals surface area contributed by atoms with Gasteiger partial charge in [-0.25, -0.2) is 9.97 Å². The molecule has 0 fully saturated rings. The van der Waals surface area contributed by atoms with Crippen molar-refractivity contribution in [3.8, 4) is 5.75 Å². The van der Waals surface area contributed by atoms with Crippen molar-refractivity contribution in [2.45, 2.75) is 0 Å². The Hall–Kier alpha value is -3.93. The van der Waals surface area contributed by atoms with E-state index < -0.39 is 0 Å². The average molecular weight is 383 g/mol. The predicted octanol–water partition coefficient (Wildman–Crippen LogP) is 4.68. The predicted molar refractivity (Wildman–Crippen MR) is 116 cm³/mol. The number of nitrogens with one attached hydrogen (secondary N) is 2. The molecule has 6 nitrogen and oxygen atoms in total. The zero-order chi connectivity index (χ0) is 19.7. The van der Waals surface area contributed by atoms with Crippen molar-refractivity contribution in [3.05, 3.63) is 91.5 Å². The van der Waals surface area contributed by atoms with Crippen LogP contribution in [0.25, 0.3) is 21.8 Å². The quantitative estimate of drug-likeness (QED) is 0.406. The SMILES string of the molecule is c1ccc2[nH]ncc2c1.c1ccc2c(c1)NCCO2.c1ccc2ncncc2c1. The molecular weight excluding hydrogens is 362 g/mol. The average Bonchev–Trinajstić information content (AvgIpc) is 3.29.